The van der Waals surface area contributed by atoms with Crippen molar-refractivity contribution in [2.75, 3.05) is 32.0 Å². The van der Waals surface area contributed by atoms with Gasteiger partial charge in [0.05, 0.1) is 12.0 Å². The van der Waals surface area contributed by atoms with Crippen molar-refractivity contribution in [1.82, 2.24) is 20.4 Å². The summed E-state index contributed by atoms with van der Waals surface area (Å²) >= 11 is 1.37. The van der Waals surface area contributed by atoms with E-state index in [1.807, 2.05) is 46.7 Å². The average Bonchev–Trinajstić information content (AvgIpc) is 3.51. The van der Waals surface area contributed by atoms with Gasteiger partial charge in [0.25, 0.3) is 0 Å². The summed E-state index contributed by atoms with van der Waals surface area (Å²) in [6, 6.07) is 11.7. The van der Waals surface area contributed by atoms with E-state index in [9.17, 15) is 9.59 Å². The normalized spacial score (nSPS) is 19.0. The van der Waals surface area contributed by atoms with Crippen LogP contribution in [0.1, 0.15) is 12.2 Å². The lowest BCUT2D eigenvalue weighted by molar-refractivity contribution is -0.130. The van der Waals surface area contributed by atoms with Crippen LogP contribution >= 0.6 is 11.3 Å². The number of nitrogens with one attached hydrogen (secondary N) is 2. The molecule has 0 unspecified atom stereocenters. The fourth-order valence-electron chi connectivity index (χ4n) is 3.89. The van der Waals surface area contributed by atoms with E-state index in [-0.39, 0.29) is 18.4 Å². The van der Waals surface area contributed by atoms with Gasteiger partial charge < -0.3 is 15.2 Å². The van der Waals surface area contributed by atoms with Gasteiger partial charge in [0.15, 0.2) is 5.13 Å². The number of nitrogens with zero attached hydrogens (tertiary/aromatic N) is 3. The highest BCUT2D eigenvalue weighted by atomic mass is 32.1. The average molecular weight is 426 g/mol. The minimum Gasteiger partial charge on any atom is -0.361 e. The summed E-state index contributed by atoms with van der Waals surface area (Å²) in [5.41, 5.74) is 1.05. The molecule has 1 aromatic carbocycles. The predicted octanol–water partition coefficient (Wildman–Crippen LogP) is 2.42. The van der Waals surface area contributed by atoms with Crippen LogP contribution in [0, 0.1) is 5.41 Å². The topological polar surface area (TPSA) is 100 Å². The van der Waals surface area contributed by atoms with E-state index in [0.29, 0.717) is 36.8 Å². The molecule has 9 heteroatoms. The Morgan fingerprint density at radius 1 is 1.30 bits per heavy atom. The monoisotopic (exact) mass is 425 g/mol. The largest absolute Gasteiger partial charge is 0.361 e. The summed E-state index contributed by atoms with van der Waals surface area (Å²) in [5, 5.41) is 12.1. The molecule has 3 aromatic rings. The maximum atomic E-state index is 12.8. The molecular formula is C21H23N5O3S. The number of carbonyl (C=O) groups is 2. The lowest BCUT2D eigenvalue weighted by Crippen LogP contribution is -2.44. The van der Waals surface area contributed by atoms with Crippen LogP contribution in [0.2, 0.25) is 0 Å². The molecule has 0 spiro atoms. The Labute approximate surface area is 178 Å². The van der Waals surface area contributed by atoms with Crippen LogP contribution in [-0.2, 0) is 16.0 Å². The van der Waals surface area contributed by atoms with Gasteiger partial charge in [-0.3, -0.25) is 14.5 Å². The molecular weight excluding hydrogens is 402 g/mol. The van der Waals surface area contributed by atoms with Crippen LogP contribution in [0.4, 0.5) is 5.13 Å². The van der Waals surface area contributed by atoms with Crippen LogP contribution in [0.25, 0.3) is 11.3 Å². The third-order valence-corrected chi connectivity index (χ3v) is 6.02. The number of benzene rings is 1. The summed E-state index contributed by atoms with van der Waals surface area (Å²) in [7, 11) is 1.64. The first-order valence-electron chi connectivity index (χ1n) is 9.73. The summed E-state index contributed by atoms with van der Waals surface area (Å²) in [4.78, 5) is 31.2. The van der Waals surface area contributed by atoms with Crippen molar-refractivity contribution in [3.05, 3.63) is 53.7 Å². The van der Waals surface area contributed by atoms with Crippen LogP contribution in [-0.4, -0.2) is 53.5 Å². The Balaban J connectivity index is 1.44. The molecule has 0 aliphatic carbocycles. The van der Waals surface area contributed by atoms with Gasteiger partial charge in [0.2, 0.25) is 11.8 Å². The number of aromatic nitrogens is 2. The zero-order chi connectivity index (χ0) is 21.0. The molecule has 1 atom stereocenters. The lowest BCUT2D eigenvalue weighted by Gasteiger charge is -2.26. The third kappa shape index (κ3) is 4.42. The second-order valence-electron chi connectivity index (χ2n) is 7.43. The molecule has 1 saturated heterocycles. The quantitative estimate of drug-likeness (QED) is 0.603. The highest BCUT2D eigenvalue weighted by Gasteiger charge is 2.45. The van der Waals surface area contributed by atoms with Gasteiger partial charge in [-0.25, -0.2) is 4.98 Å². The van der Waals surface area contributed by atoms with Crippen molar-refractivity contribution in [2.24, 2.45) is 5.41 Å². The Bertz CT molecular complexity index is 1000. The molecule has 2 aromatic heterocycles. The van der Waals surface area contributed by atoms with E-state index < -0.39 is 5.41 Å². The van der Waals surface area contributed by atoms with E-state index in [4.69, 9.17) is 4.52 Å². The van der Waals surface area contributed by atoms with Crippen LogP contribution in [0.15, 0.2) is 52.5 Å². The van der Waals surface area contributed by atoms with Crippen molar-refractivity contribution >= 4 is 28.3 Å². The molecule has 2 amide bonds. The van der Waals surface area contributed by atoms with Crippen molar-refractivity contribution in [3.8, 4) is 11.3 Å². The van der Waals surface area contributed by atoms with Crippen LogP contribution in [0.3, 0.4) is 0 Å². The van der Waals surface area contributed by atoms with Crippen molar-refractivity contribution in [2.45, 2.75) is 12.8 Å². The number of anilines is 1. The minimum absolute atomic E-state index is 0.0528. The smallest absolute Gasteiger partial charge is 0.240 e. The Morgan fingerprint density at radius 3 is 2.87 bits per heavy atom. The summed E-state index contributed by atoms with van der Waals surface area (Å²) in [6.45, 7) is 1.34. The van der Waals surface area contributed by atoms with Gasteiger partial charge in [-0.2, -0.15) is 0 Å². The molecule has 0 saturated carbocycles. The van der Waals surface area contributed by atoms with E-state index in [2.05, 4.69) is 20.8 Å². The molecule has 0 bridgehead atoms. The number of thiazole rings is 1. The Hall–Kier alpha value is -3.04. The highest BCUT2D eigenvalue weighted by molar-refractivity contribution is 7.13. The van der Waals surface area contributed by atoms with E-state index in [0.717, 1.165) is 11.3 Å². The number of hydrogen-bond donors (Lipinski definition) is 2. The van der Waals surface area contributed by atoms with Crippen LogP contribution < -0.4 is 10.6 Å². The second kappa shape index (κ2) is 8.76. The van der Waals surface area contributed by atoms with Gasteiger partial charge in [-0.05, 0) is 13.0 Å². The molecule has 1 aliphatic rings. The molecule has 1 aliphatic heterocycles. The lowest BCUT2D eigenvalue weighted by atomic mass is 9.81. The van der Waals surface area contributed by atoms with E-state index in [1.54, 1.807) is 13.2 Å². The Morgan fingerprint density at radius 2 is 2.13 bits per heavy atom. The molecule has 30 heavy (non-hydrogen) atoms. The summed E-state index contributed by atoms with van der Waals surface area (Å²) in [6.07, 6.45) is 2.71. The van der Waals surface area contributed by atoms with Gasteiger partial charge >= 0.3 is 0 Å². The van der Waals surface area contributed by atoms with E-state index in [1.165, 1.54) is 11.3 Å². The number of carbonyl (C=O) groups excluding carboxylic acids is 2. The fourth-order valence-corrected chi connectivity index (χ4v) is 4.44. The Kier molecular flexibility index (Phi) is 5.91. The van der Waals surface area contributed by atoms with Gasteiger partial charge in [-0.15, -0.1) is 11.3 Å². The molecule has 156 valence electrons. The predicted molar refractivity (Wildman–Crippen MR) is 114 cm³/mol. The van der Waals surface area contributed by atoms with E-state index >= 15 is 0 Å². The SMILES string of the molecule is CNC(=O)[C@]1(Cc2cc(-c3ccccc3)no2)CCN(CC(=O)Nc2nccs2)C1. The number of rotatable bonds is 7. The maximum Gasteiger partial charge on any atom is 0.240 e. The molecule has 1 fully saturated rings. The first-order valence-corrected chi connectivity index (χ1v) is 10.6. The van der Waals surface area contributed by atoms with Crippen LogP contribution in [0.5, 0.6) is 0 Å². The summed E-state index contributed by atoms with van der Waals surface area (Å²) < 4.78 is 5.55. The molecule has 0 radical (unpaired) electrons. The fraction of sp³-hybridized carbons (Fsp3) is 0.333. The van der Waals surface area contributed by atoms with Gasteiger partial charge in [0, 0.05) is 43.2 Å². The highest BCUT2D eigenvalue weighted by Crippen LogP contribution is 2.35. The molecule has 8 nitrogen and oxygen atoms in total. The first-order chi connectivity index (χ1) is 14.6. The molecule has 2 N–H and O–H groups in total. The number of amides is 2. The zero-order valence-electron chi connectivity index (χ0n) is 16.6. The maximum absolute atomic E-state index is 12.8. The molecule has 3 heterocycles. The van der Waals surface area contributed by atoms with Crippen molar-refractivity contribution in [3.63, 3.8) is 0 Å². The number of hydrogen-bond acceptors (Lipinski definition) is 7. The minimum atomic E-state index is -0.663. The van der Waals surface area contributed by atoms with Gasteiger partial charge in [-0.1, -0.05) is 35.5 Å². The molecule has 4 rings (SSSR count). The third-order valence-electron chi connectivity index (χ3n) is 5.33. The number of likely N-dealkylation sites (tertiary alicyclic amines) is 1. The van der Waals surface area contributed by atoms with Crippen molar-refractivity contribution < 1.29 is 14.1 Å². The zero-order valence-corrected chi connectivity index (χ0v) is 17.4. The standard InChI is InChI=1S/C21H23N5O3S/c1-22-19(28)21(12-16-11-17(25-29-16)15-5-3-2-4-6-15)7-9-26(14-21)13-18(27)24-20-23-8-10-30-20/h2-6,8,10-11H,7,9,12-14H2,1H3,(H,22,28)(H,23,24,27)/t21-/m0/s1. The van der Waals surface area contributed by atoms with Gasteiger partial charge in [0.1, 0.15) is 11.5 Å². The van der Waals surface area contributed by atoms with Crippen molar-refractivity contribution in [1.29, 1.82) is 0 Å². The first kappa shape index (κ1) is 20.2. The second-order valence-corrected chi connectivity index (χ2v) is 8.32. The summed E-state index contributed by atoms with van der Waals surface area (Å²) in [5.74, 6) is 0.471.